The van der Waals surface area contributed by atoms with E-state index in [9.17, 15) is 33.4 Å². The lowest BCUT2D eigenvalue weighted by atomic mass is 9.95. The van der Waals surface area contributed by atoms with Crippen molar-refractivity contribution in [3.8, 4) is 5.75 Å². The van der Waals surface area contributed by atoms with Gasteiger partial charge in [0, 0.05) is 24.6 Å². The molecular formula is C25H24ClF2N3O5. The first-order valence-corrected chi connectivity index (χ1v) is 12.4. The van der Waals surface area contributed by atoms with Crippen molar-refractivity contribution in [2.75, 3.05) is 19.7 Å². The molecule has 1 spiro atoms. The number of aliphatic hydroxyl groups is 1. The van der Waals surface area contributed by atoms with Gasteiger partial charge in [-0.05, 0) is 49.3 Å². The van der Waals surface area contributed by atoms with Gasteiger partial charge in [0.05, 0.1) is 23.7 Å². The molecule has 2 amide bonds. The van der Waals surface area contributed by atoms with Gasteiger partial charge in [0.15, 0.2) is 5.75 Å². The Morgan fingerprint density at radius 3 is 2.64 bits per heavy atom. The number of halogens is 3. The number of pyridine rings is 1. The third-order valence-corrected chi connectivity index (χ3v) is 8.51. The van der Waals surface area contributed by atoms with Crippen molar-refractivity contribution in [3.63, 3.8) is 0 Å². The van der Waals surface area contributed by atoms with Crippen LogP contribution in [-0.2, 0) is 18.6 Å². The smallest absolute Gasteiger partial charge is 0.296 e. The zero-order valence-electron chi connectivity index (χ0n) is 19.2. The summed E-state index contributed by atoms with van der Waals surface area (Å²) in [7, 11) is 0. The van der Waals surface area contributed by atoms with Crippen molar-refractivity contribution >= 4 is 23.4 Å². The molecule has 36 heavy (non-hydrogen) atoms. The topological polar surface area (TPSA) is 103 Å². The van der Waals surface area contributed by atoms with Gasteiger partial charge in [-0.1, -0.05) is 17.7 Å². The molecule has 1 aromatic carbocycles. The van der Waals surface area contributed by atoms with Crippen molar-refractivity contribution in [2.24, 2.45) is 11.8 Å². The number of aromatic hydroxyl groups is 1. The molecule has 6 rings (SSSR count). The van der Waals surface area contributed by atoms with E-state index < -0.39 is 47.4 Å². The zero-order valence-corrected chi connectivity index (χ0v) is 20.0. The maximum atomic E-state index is 14.4. The minimum absolute atomic E-state index is 0.0308. The molecule has 2 aliphatic heterocycles. The minimum Gasteiger partial charge on any atom is -0.502 e. The molecule has 11 heteroatoms. The quantitative estimate of drug-likeness (QED) is 0.631. The molecule has 0 radical (unpaired) electrons. The van der Waals surface area contributed by atoms with Crippen molar-refractivity contribution in [1.82, 2.24) is 14.4 Å². The number of benzene rings is 1. The van der Waals surface area contributed by atoms with Crippen LogP contribution in [0, 0.1) is 17.7 Å². The Morgan fingerprint density at radius 1 is 1.22 bits per heavy atom. The molecule has 0 bridgehead atoms. The molecule has 2 saturated carbocycles. The summed E-state index contributed by atoms with van der Waals surface area (Å²) in [6.45, 7) is -0.867. The van der Waals surface area contributed by atoms with Crippen LogP contribution in [0.2, 0.25) is 5.02 Å². The van der Waals surface area contributed by atoms with Gasteiger partial charge in [-0.25, -0.2) is 8.78 Å². The predicted octanol–water partition coefficient (Wildman–Crippen LogP) is 2.41. The van der Waals surface area contributed by atoms with Gasteiger partial charge < -0.3 is 20.0 Å². The van der Waals surface area contributed by atoms with Crippen molar-refractivity contribution in [2.45, 2.75) is 44.1 Å². The molecule has 2 aromatic rings. The fourth-order valence-corrected chi connectivity index (χ4v) is 6.75. The van der Waals surface area contributed by atoms with Crippen LogP contribution < -0.4 is 5.56 Å². The number of alkyl halides is 1. The Morgan fingerprint density at radius 2 is 2.00 bits per heavy atom. The lowest BCUT2D eigenvalue weighted by molar-refractivity contribution is 0.00752. The van der Waals surface area contributed by atoms with Crippen LogP contribution in [0.4, 0.5) is 8.78 Å². The van der Waals surface area contributed by atoms with E-state index in [2.05, 4.69) is 0 Å². The van der Waals surface area contributed by atoms with E-state index >= 15 is 0 Å². The normalized spacial score (nSPS) is 26.9. The minimum atomic E-state index is -1.68. The second kappa shape index (κ2) is 8.01. The fraction of sp³-hybridized carbons (Fsp3) is 0.480. The Balaban J connectivity index is 1.44. The molecule has 8 nitrogen and oxygen atoms in total. The van der Waals surface area contributed by atoms with Crippen LogP contribution in [0.5, 0.6) is 5.75 Å². The van der Waals surface area contributed by atoms with Gasteiger partial charge in [0.25, 0.3) is 17.4 Å². The number of aromatic nitrogens is 1. The molecule has 2 unspecified atom stereocenters. The van der Waals surface area contributed by atoms with Crippen LogP contribution in [0.3, 0.4) is 0 Å². The number of rotatable bonds is 5. The van der Waals surface area contributed by atoms with E-state index in [1.54, 1.807) is 0 Å². The summed E-state index contributed by atoms with van der Waals surface area (Å²) >= 11 is 5.86. The SMILES string of the molecule is O=C1c2c(c3n(c(=O)c2O)[C@@]2(CC[C@H]4CC42)N(CC(F)CO)C3=O)CCN1Cc1ccc(F)c(Cl)c1. The van der Waals surface area contributed by atoms with Crippen LogP contribution in [0.1, 0.15) is 51.2 Å². The summed E-state index contributed by atoms with van der Waals surface area (Å²) in [6, 6.07) is 4.09. The molecular weight excluding hydrogens is 496 g/mol. The number of amides is 2. The Hall–Kier alpha value is -2.98. The Kier molecular flexibility index (Phi) is 5.21. The van der Waals surface area contributed by atoms with Crippen LogP contribution in [0.15, 0.2) is 23.0 Å². The summed E-state index contributed by atoms with van der Waals surface area (Å²) in [5, 5.41) is 20.2. The Labute approximate surface area is 209 Å². The van der Waals surface area contributed by atoms with Crippen LogP contribution >= 0.6 is 11.6 Å². The first-order chi connectivity index (χ1) is 17.2. The monoisotopic (exact) mass is 519 g/mol. The highest BCUT2D eigenvalue weighted by Gasteiger charge is 2.67. The van der Waals surface area contributed by atoms with Gasteiger partial charge in [-0.2, -0.15) is 0 Å². The second-order valence-electron chi connectivity index (χ2n) is 10.1. The van der Waals surface area contributed by atoms with Crippen LogP contribution in [0.25, 0.3) is 0 Å². The van der Waals surface area contributed by atoms with E-state index in [0.717, 1.165) is 12.8 Å². The first-order valence-electron chi connectivity index (χ1n) is 12.0. The average molecular weight is 520 g/mol. The van der Waals surface area contributed by atoms with E-state index in [0.29, 0.717) is 17.9 Å². The second-order valence-corrected chi connectivity index (χ2v) is 10.5. The molecule has 2 aliphatic carbocycles. The van der Waals surface area contributed by atoms with E-state index in [-0.39, 0.29) is 53.8 Å². The van der Waals surface area contributed by atoms with Crippen molar-refractivity contribution in [1.29, 1.82) is 0 Å². The van der Waals surface area contributed by atoms with Gasteiger partial charge >= 0.3 is 0 Å². The maximum absolute atomic E-state index is 14.4. The van der Waals surface area contributed by atoms with Crippen molar-refractivity contribution in [3.05, 3.63) is 61.8 Å². The maximum Gasteiger partial charge on any atom is 0.296 e. The molecule has 2 fully saturated rings. The van der Waals surface area contributed by atoms with Crippen molar-refractivity contribution < 1.29 is 28.6 Å². The standard InChI is InChI=1S/C25H24ClF2N3O5/c26-17-7-12(1-2-18(17)28)9-29-6-4-15-19(22(29)34)21(33)24(36)31-20(15)23(35)30(10-14(27)11-32)25(31)5-3-13-8-16(13)25/h1-2,7,13-14,16,32-33H,3-6,8-11H2/t13-,14?,16?,25+/m0/s1. The highest BCUT2D eigenvalue weighted by atomic mass is 35.5. The number of fused-ring (bicyclic) bond motifs is 6. The number of aliphatic hydroxyl groups excluding tert-OH is 1. The molecule has 4 atom stereocenters. The predicted molar refractivity (Wildman–Crippen MR) is 124 cm³/mol. The molecule has 4 aliphatic rings. The highest BCUT2D eigenvalue weighted by molar-refractivity contribution is 6.30. The number of carbonyl (C=O) groups is 2. The number of hydrogen-bond acceptors (Lipinski definition) is 5. The molecule has 190 valence electrons. The summed E-state index contributed by atoms with van der Waals surface area (Å²) in [5.41, 5.74) is -1.28. The number of carbonyl (C=O) groups excluding carboxylic acids is 2. The number of hydrogen-bond donors (Lipinski definition) is 2. The average Bonchev–Trinajstić information content (AvgIpc) is 3.50. The summed E-state index contributed by atoms with van der Waals surface area (Å²) in [5.74, 6) is -2.22. The zero-order chi connectivity index (χ0) is 25.5. The van der Waals surface area contributed by atoms with E-state index in [1.807, 2.05) is 0 Å². The summed E-state index contributed by atoms with van der Waals surface area (Å²) < 4.78 is 29.2. The van der Waals surface area contributed by atoms with Gasteiger partial charge in [0.1, 0.15) is 23.3 Å². The molecule has 1 aromatic heterocycles. The molecule has 0 saturated heterocycles. The largest absolute Gasteiger partial charge is 0.502 e. The highest BCUT2D eigenvalue weighted by Crippen LogP contribution is 2.64. The summed E-state index contributed by atoms with van der Waals surface area (Å²) in [4.78, 5) is 43.5. The Bertz CT molecular complexity index is 1380. The van der Waals surface area contributed by atoms with Gasteiger partial charge in [-0.15, -0.1) is 0 Å². The lowest BCUT2D eigenvalue weighted by Gasteiger charge is -2.38. The lowest BCUT2D eigenvalue weighted by Crippen LogP contribution is -2.52. The van der Waals surface area contributed by atoms with Crippen LogP contribution in [-0.4, -0.2) is 62.3 Å². The van der Waals surface area contributed by atoms with E-state index in [1.165, 1.54) is 32.6 Å². The molecule has 2 N–H and O–H groups in total. The van der Waals surface area contributed by atoms with Gasteiger partial charge in [-0.3, -0.25) is 19.0 Å². The number of nitrogens with zero attached hydrogens (tertiary/aromatic N) is 3. The van der Waals surface area contributed by atoms with Gasteiger partial charge in [0.2, 0.25) is 0 Å². The fourth-order valence-electron chi connectivity index (χ4n) is 6.54. The van der Waals surface area contributed by atoms with E-state index in [4.69, 9.17) is 11.6 Å². The molecule has 3 heterocycles. The third-order valence-electron chi connectivity index (χ3n) is 8.22. The third kappa shape index (κ3) is 3.10. The first kappa shape index (κ1) is 23.4. The summed E-state index contributed by atoms with van der Waals surface area (Å²) in [6.07, 6.45) is 0.514.